The molecule has 1 aliphatic rings. The molecule has 0 fully saturated rings. The summed E-state index contributed by atoms with van der Waals surface area (Å²) in [5.41, 5.74) is 3.13. The molecule has 2 nitrogen and oxygen atoms in total. The Morgan fingerprint density at radius 2 is 2.00 bits per heavy atom. The zero-order valence-electron chi connectivity index (χ0n) is 9.77. The number of aromatic nitrogens is 1. The van der Waals surface area contributed by atoms with Crippen LogP contribution in [0.25, 0.3) is 10.9 Å². The third kappa shape index (κ3) is 1.57. The van der Waals surface area contributed by atoms with Crippen molar-refractivity contribution in [3.8, 4) is 0 Å². The van der Waals surface area contributed by atoms with Gasteiger partial charge in [-0.3, -0.25) is 4.79 Å². The van der Waals surface area contributed by atoms with Crippen LogP contribution in [0, 0.1) is 12.7 Å². The second kappa shape index (κ2) is 3.69. The van der Waals surface area contributed by atoms with E-state index in [1.54, 1.807) is 13.0 Å². The summed E-state index contributed by atoms with van der Waals surface area (Å²) in [6.45, 7) is 1.69. The fourth-order valence-electron chi connectivity index (χ4n) is 2.59. The number of aromatic amines is 1. The fraction of sp³-hybridized carbons (Fsp3) is 0.357. The van der Waals surface area contributed by atoms with Crippen LogP contribution in [0.1, 0.15) is 29.7 Å². The van der Waals surface area contributed by atoms with E-state index in [9.17, 15) is 9.18 Å². The summed E-state index contributed by atoms with van der Waals surface area (Å²) in [6, 6.07) is 3.08. The average molecular weight is 231 g/mol. The van der Waals surface area contributed by atoms with Gasteiger partial charge >= 0.3 is 0 Å². The highest BCUT2D eigenvalue weighted by Crippen LogP contribution is 2.21. The van der Waals surface area contributed by atoms with Gasteiger partial charge in [-0.2, -0.15) is 0 Å². The van der Waals surface area contributed by atoms with Crippen molar-refractivity contribution in [3.05, 3.63) is 45.0 Å². The third-order valence-corrected chi connectivity index (χ3v) is 3.57. The highest BCUT2D eigenvalue weighted by Gasteiger charge is 2.16. The SMILES string of the molecule is Cc1cc2c(=O)c3c([nH]c2cc1F)CCCC3. The largest absolute Gasteiger partial charge is 0.358 e. The molecule has 2 aromatic rings. The predicted octanol–water partition coefficient (Wildman–Crippen LogP) is 2.85. The van der Waals surface area contributed by atoms with E-state index < -0.39 is 0 Å². The van der Waals surface area contributed by atoms with Crippen molar-refractivity contribution in [1.29, 1.82) is 0 Å². The van der Waals surface area contributed by atoms with Crippen molar-refractivity contribution in [2.45, 2.75) is 32.6 Å². The van der Waals surface area contributed by atoms with Gasteiger partial charge in [0.25, 0.3) is 0 Å². The molecule has 1 aromatic heterocycles. The normalized spacial score (nSPS) is 14.9. The van der Waals surface area contributed by atoms with Crippen molar-refractivity contribution in [3.63, 3.8) is 0 Å². The highest BCUT2D eigenvalue weighted by atomic mass is 19.1. The third-order valence-electron chi connectivity index (χ3n) is 3.57. The van der Waals surface area contributed by atoms with Crippen molar-refractivity contribution in [2.75, 3.05) is 0 Å². The number of H-pyrrole nitrogens is 1. The number of fused-ring (bicyclic) bond motifs is 2. The molecule has 88 valence electrons. The number of nitrogens with one attached hydrogen (secondary N) is 1. The maximum atomic E-state index is 13.5. The summed E-state index contributed by atoms with van der Waals surface area (Å²) in [7, 11) is 0. The molecule has 1 heterocycles. The number of halogens is 1. The minimum absolute atomic E-state index is 0.0801. The molecule has 3 rings (SSSR count). The molecular formula is C14H14FNO. The molecule has 1 aromatic carbocycles. The summed E-state index contributed by atoms with van der Waals surface area (Å²) >= 11 is 0. The zero-order valence-corrected chi connectivity index (χ0v) is 9.77. The maximum Gasteiger partial charge on any atom is 0.192 e. The van der Waals surface area contributed by atoms with Gasteiger partial charge in [0.1, 0.15) is 5.82 Å². The topological polar surface area (TPSA) is 32.9 Å². The first-order chi connectivity index (χ1) is 8.16. The van der Waals surface area contributed by atoms with Crippen LogP contribution in [0.4, 0.5) is 4.39 Å². The number of benzene rings is 1. The summed E-state index contributed by atoms with van der Waals surface area (Å²) in [5.74, 6) is -0.260. The van der Waals surface area contributed by atoms with E-state index in [1.807, 2.05) is 0 Å². The number of rotatable bonds is 0. The first-order valence-electron chi connectivity index (χ1n) is 6.00. The molecule has 0 amide bonds. The molecule has 0 spiro atoms. The van der Waals surface area contributed by atoms with E-state index in [-0.39, 0.29) is 11.2 Å². The standard InChI is InChI=1S/C14H14FNO/c1-8-6-10-13(7-11(8)15)16-12-5-3-2-4-9(12)14(10)17/h6-7H,2-5H2,1H3,(H,16,17). The molecule has 0 saturated heterocycles. The van der Waals surface area contributed by atoms with Gasteiger partial charge in [0.2, 0.25) is 0 Å². The fourth-order valence-corrected chi connectivity index (χ4v) is 2.59. The van der Waals surface area contributed by atoms with Crippen molar-refractivity contribution >= 4 is 10.9 Å². The molecular weight excluding hydrogens is 217 g/mol. The van der Waals surface area contributed by atoms with Crippen molar-refractivity contribution in [2.24, 2.45) is 0 Å². The van der Waals surface area contributed by atoms with Gasteiger partial charge in [0, 0.05) is 16.6 Å². The van der Waals surface area contributed by atoms with Gasteiger partial charge < -0.3 is 4.98 Å². The van der Waals surface area contributed by atoms with E-state index in [4.69, 9.17) is 0 Å². The lowest BCUT2D eigenvalue weighted by atomic mass is 9.94. The lowest BCUT2D eigenvalue weighted by Crippen LogP contribution is -2.18. The van der Waals surface area contributed by atoms with Gasteiger partial charge in [-0.05, 0) is 50.3 Å². The Morgan fingerprint density at radius 1 is 1.24 bits per heavy atom. The van der Waals surface area contributed by atoms with E-state index >= 15 is 0 Å². The molecule has 3 heteroatoms. The van der Waals surface area contributed by atoms with E-state index in [0.29, 0.717) is 16.5 Å². The summed E-state index contributed by atoms with van der Waals surface area (Å²) in [4.78, 5) is 15.5. The lowest BCUT2D eigenvalue weighted by Gasteiger charge is -2.16. The van der Waals surface area contributed by atoms with Crippen molar-refractivity contribution in [1.82, 2.24) is 4.98 Å². The monoisotopic (exact) mass is 231 g/mol. The molecule has 0 unspecified atom stereocenters. The Labute approximate surface area is 98.5 Å². The predicted molar refractivity (Wildman–Crippen MR) is 65.9 cm³/mol. The first kappa shape index (κ1) is 10.5. The zero-order chi connectivity index (χ0) is 12.0. The molecule has 0 radical (unpaired) electrons. The van der Waals surface area contributed by atoms with Crippen LogP contribution in [0.15, 0.2) is 16.9 Å². The molecule has 0 atom stereocenters. The Balaban J connectivity index is 2.40. The average Bonchev–Trinajstić information content (AvgIpc) is 2.32. The van der Waals surface area contributed by atoms with Crippen LogP contribution in [0.2, 0.25) is 0 Å². The number of hydrogen-bond acceptors (Lipinski definition) is 1. The van der Waals surface area contributed by atoms with Crippen LogP contribution in [0.3, 0.4) is 0 Å². The van der Waals surface area contributed by atoms with Crippen LogP contribution in [0.5, 0.6) is 0 Å². The van der Waals surface area contributed by atoms with Gasteiger partial charge in [0.05, 0.1) is 5.52 Å². The van der Waals surface area contributed by atoms with E-state index in [1.165, 1.54) is 6.07 Å². The Bertz CT molecular complexity index is 657. The first-order valence-corrected chi connectivity index (χ1v) is 6.00. The Hall–Kier alpha value is -1.64. The molecule has 0 saturated carbocycles. The van der Waals surface area contributed by atoms with Crippen LogP contribution < -0.4 is 5.43 Å². The number of hydrogen-bond donors (Lipinski definition) is 1. The number of aryl methyl sites for hydroxylation is 2. The minimum Gasteiger partial charge on any atom is -0.358 e. The molecule has 0 bridgehead atoms. The van der Waals surface area contributed by atoms with Gasteiger partial charge in [0.15, 0.2) is 5.43 Å². The maximum absolute atomic E-state index is 13.5. The second-order valence-corrected chi connectivity index (χ2v) is 4.77. The molecule has 17 heavy (non-hydrogen) atoms. The van der Waals surface area contributed by atoms with Crippen LogP contribution >= 0.6 is 0 Å². The van der Waals surface area contributed by atoms with Gasteiger partial charge in [-0.25, -0.2) is 4.39 Å². The van der Waals surface area contributed by atoms with Crippen LogP contribution in [-0.4, -0.2) is 4.98 Å². The van der Waals surface area contributed by atoms with Gasteiger partial charge in [-0.15, -0.1) is 0 Å². The quantitative estimate of drug-likeness (QED) is 0.743. The Kier molecular flexibility index (Phi) is 2.28. The number of pyridine rings is 1. The van der Waals surface area contributed by atoms with E-state index in [2.05, 4.69) is 4.98 Å². The summed E-state index contributed by atoms with van der Waals surface area (Å²) in [5, 5.41) is 0.615. The minimum atomic E-state index is -0.260. The molecule has 1 N–H and O–H groups in total. The summed E-state index contributed by atoms with van der Waals surface area (Å²) in [6.07, 6.45) is 3.91. The van der Waals surface area contributed by atoms with E-state index in [0.717, 1.165) is 36.9 Å². The Morgan fingerprint density at radius 3 is 2.82 bits per heavy atom. The molecule has 0 aliphatic heterocycles. The smallest absolute Gasteiger partial charge is 0.192 e. The summed E-state index contributed by atoms with van der Waals surface area (Å²) < 4.78 is 13.5. The lowest BCUT2D eigenvalue weighted by molar-refractivity contribution is 0.619. The second-order valence-electron chi connectivity index (χ2n) is 4.77. The highest BCUT2D eigenvalue weighted by molar-refractivity contribution is 5.80. The van der Waals surface area contributed by atoms with Crippen LogP contribution in [-0.2, 0) is 12.8 Å². The molecule has 1 aliphatic carbocycles. The van der Waals surface area contributed by atoms with Crippen molar-refractivity contribution < 1.29 is 4.39 Å². The van der Waals surface area contributed by atoms with Gasteiger partial charge in [-0.1, -0.05) is 0 Å².